The standard InChI is InChI=1S/C26H24N4O4/c1-17-14-15-22(33-3)21(16-17)27-25(31)24(19-10-6-4-7-11-19)34-26(32)23-18(2)28-30(29-23)20-12-8-5-9-13-20/h4-16,24H,1-3H3,(H,27,31). The highest BCUT2D eigenvalue weighted by Crippen LogP contribution is 2.28. The molecule has 0 bridgehead atoms. The molecule has 1 N–H and O–H groups in total. The van der Waals surface area contributed by atoms with E-state index in [0.29, 0.717) is 28.4 Å². The van der Waals surface area contributed by atoms with Gasteiger partial charge in [-0.25, -0.2) is 4.79 Å². The van der Waals surface area contributed by atoms with Crippen LogP contribution in [-0.2, 0) is 9.53 Å². The fourth-order valence-electron chi connectivity index (χ4n) is 3.43. The van der Waals surface area contributed by atoms with E-state index in [4.69, 9.17) is 9.47 Å². The van der Waals surface area contributed by atoms with Crippen molar-refractivity contribution in [2.75, 3.05) is 12.4 Å². The van der Waals surface area contributed by atoms with Gasteiger partial charge in [0, 0.05) is 5.56 Å². The van der Waals surface area contributed by atoms with Gasteiger partial charge in [-0.1, -0.05) is 54.6 Å². The molecule has 0 aliphatic carbocycles. The first kappa shape index (κ1) is 22.7. The summed E-state index contributed by atoms with van der Waals surface area (Å²) < 4.78 is 11.0. The smallest absolute Gasteiger partial charge is 0.361 e. The van der Waals surface area contributed by atoms with Crippen molar-refractivity contribution in [2.24, 2.45) is 0 Å². The van der Waals surface area contributed by atoms with Crippen LogP contribution in [0.4, 0.5) is 5.69 Å². The maximum atomic E-state index is 13.3. The van der Waals surface area contributed by atoms with Crippen LogP contribution in [0.15, 0.2) is 78.9 Å². The van der Waals surface area contributed by atoms with Crippen LogP contribution in [0.25, 0.3) is 5.69 Å². The van der Waals surface area contributed by atoms with Gasteiger partial charge in [-0.15, -0.1) is 5.10 Å². The molecule has 1 heterocycles. The number of benzene rings is 3. The van der Waals surface area contributed by atoms with Gasteiger partial charge in [0.2, 0.25) is 6.10 Å². The molecule has 0 radical (unpaired) electrons. The summed E-state index contributed by atoms with van der Waals surface area (Å²) in [6, 6.07) is 23.5. The summed E-state index contributed by atoms with van der Waals surface area (Å²) in [5.41, 5.74) is 3.07. The normalized spacial score (nSPS) is 11.5. The number of carbonyl (C=O) groups excluding carboxylic acids is 2. The first-order chi connectivity index (χ1) is 16.5. The Morgan fingerprint density at radius 2 is 1.59 bits per heavy atom. The van der Waals surface area contributed by atoms with Crippen LogP contribution in [0.5, 0.6) is 5.75 Å². The predicted molar refractivity (Wildman–Crippen MR) is 127 cm³/mol. The third kappa shape index (κ3) is 4.96. The zero-order valence-electron chi connectivity index (χ0n) is 19.1. The average molecular weight is 457 g/mol. The van der Waals surface area contributed by atoms with Gasteiger partial charge in [0.25, 0.3) is 5.91 Å². The monoisotopic (exact) mass is 456 g/mol. The number of ether oxygens (including phenoxy) is 2. The molecule has 1 unspecified atom stereocenters. The number of hydrogen-bond donors (Lipinski definition) is 1. The molecule has 4 rings (SSSR count). The zero-order valence-corrected chi connectivity index (χ0v) is 19.1. The number of aryl methyl sites for hydroxylation is 2. The molecule has 1 aromatic heterocycles. The van der Waals surface area contributed by atoms with Crippen LogP contribution in [0.1, 0.15) is 33.4 Å². The second-order valence-electron chi connectivity index (χ2n) is 7.65. The molecule has 3 aromatic carbocycles. The lowest BCUT2D eigenvalue weighted by Gasteiger charge is -2.19. The van der Waals surface area contributed by atoms with Crippen molar-refractivity contribution < 1.29 is 19.1 Å². The van der Waals surface area contributed by atoms with E-state index in [-0.39, 0.29) is 5.69 Å². The number of esters is 1. The van der Waals surface area contributed by atoms with Gasteiger partial charge in [-0.2, -0.15) is 9.90 Å². The Hall–Kier alpha value is -4.46. The fourth-order valence-corrected chi connectivity index (χ4v) is 3.43. The molecule has 172 valence electrons. The van der Waals surface area contributed by atoms with Crippen LogP contribution < -0.4 is 10.1 Å². The summed E-state index contributed by atoms with van der Waals surface area (Å²) >= 11 is 0. The topological polar surface area (TPSA) is 95.3 Å². The van der Waals surface area contributed by atoms with E-state index in [1.165, 1.54) is 11.9 Å². The van der Waals surface area contributed by atoms with E-state index in [9.17, 15) is 9.59 Å². The van der Waals surface area contributed by atoms with Crippen molar-refractivity contribution in [1.82, 2.24) is 15.0 Å². The maximum absolute atomic E-state index is 13.3. The van der Waals surface area contributed by atoms with Crippen molar-refractivity contribution in [1.29, 1.82) is 0 Å². The number of rotatable bonds is 7. The Bertz CT molecular complexity index is 1300. The molecule has 34 heavy (non-hydrogen) atoms. The van der Waals surface area contributed by atoms with Crippen molar-refractivity contribution >= 4 is 17.6 Å². The lowest BCUT2D eigenvalue weighted by Crippen LogP contribution is -2.26. The molecule has 0 fully saturated rings. The van der Waals surface area contributed by atoms with E-state index in [1.807, 2.05) is 49.4 Å². The molecule has 8 heteroatoms. The van der Waals surface area contributed by atoms with Gasteiger partial charge in [0.05, 0.1) is 24.2 Å². The van der Waals surface area contributed by atoms with Crippen molar-refractivity contribution in [2.45, 2.75) is 20.0 Å². The number of nitrogens with zero attached hydrogens (tertiary/aromatic N) is 3. The predicted octanol–water partition coefficient (Wildman–Crippen LogP) is 4.43. The largest absolute Gasteiger partial charge is 0.495 e. The molecular formula is C26H24N4O4. The van der Waals surface area contributed by atoms with Gasteiger partial charge in [-0.05, 0) is 43.7 Å². The highest BCUT2D eigenvalue weighted by atomic mass is 16.5. The molecule has 4 aromatic rings. The van der Waals surface area contributed by atoms with E-state index in [1.54, 1.807) is 43.3 Å². The van der Waals surface area contributed by atoms with E-state index in [2.05, 4.69) is 15.5 Å². The second kappa shape index (κ2) is 9.99. The van der Waals surface area contributed by atoms with Gasteiger partial charge in [0.1, 0.15) is 5.75 Å². The third-order valence-electron chi connectivity index (χ3n) is 5.14. The minimum Gasteiger partial charge on any atom is -0.495 e. The summed E-state index contributed by atoms with van der Waals surface area (Å²) in [5.74, 6) is -0.768. The summed E-state index contributed by atoms with van der Waals surface area (Å²) in [7, 11) is 1.52. The van der Waals surface area contributed by atoms with Gasteiger partial charge in [-0.3, -0.25) is 4.79 Å². The molecular weight excluding hydrogens is 432 g/mol. The van der Waals surface area contributed by atoms with Crippen LogP contribution >= 0.6 is 0 Å². The number of methoxy groups -OCH3 is 1. The van der Waals surface area contributed by atoms with E-state index in [0.717, 1.165) is 5.56 Å². The Labute approximate surface area is 197 Å². The maximum Gasteiger partial charge on any atom is 0.361 e. The zero-order chi connectivity index (χ0) is 24.1. The highest BCUT2D eigenvalue weighted by Gasteiger charge is 2.29. The number of para-hydroxylation sites is 1. The molecule has 0 aliphatic heterocycles. The Morgan fingerprint density at radius 1 is 0.912 bits per heavy atom. The SMILES string of the molecule is COc1ccc(C)cc1NC(=O)C(OC(=O)c1nn(-c2ccccc2)nc1C)c1ccccc1. The highest BCUT2D eigenvalue weighted by molar-refractivity contribution is 5.98. The van der Waals surface area contributed by atoms with Crippen LogP contribution in [0.3, 0.4) is 0 Å². The Morgan fingerprint density at radius 3 is 2.26 bits per heavy atom. The molecule has 8 nitrogen and oxygen atoms in total. The van der Waals surface area contributed by atoms with Crippen LogP contribution in [0, 0.1) is 13.8 Å². The number of aromatic nitrogens is 3. The third-order valence-corrected chi connectivity index (χ3v) is 5.14. The fraction of sp³-hybridized carbons (Fsp3) is 0.154. The van der Waals surface area contributed by atoms with E-state index >= 15 is 0 Å². The molecule has 1 amide bonds. The summed E-state index contributed by atoms with van der Waals surface area (Å²) in [4.78, 5) is 27.7. The second-order valence-corrected chi connectivity index (χ2v) is 7.65. The van der Waals surface area contributed by atoms with Crippen molar-refractivity contribution in [3.05, 3.63) is 101 Å². The number of nitrogens with one attached hydrogen (secondary N) is 1. The number of hydrogen-bond acceptors (Lipinski definition) is 6. The van der Waals surface area contributed by atoms with Gasteiger partial charge < -0.3 is 14.8 Å². The van der Waals surface area contributed by atoms with Crippen LogP contribution in [-0.4, -0.2) is 34.0 Å². The quantitative estimate of drug-likeness (QED) is 0.414. The van der Waals surface area contributed by atoms with Gasteiger partial charge >= 0.3 is 5.97 Å². The molecule has 0 saturated heterocycles. The Balaban J connectivity index is 1.62. The lowest BCUT2D eigenvalue weighted by atomic mass is 10.1. The molecule has 0 saturated carbocycles. The summed E-state index contributed by atoms with van der Waals surface area (Å²) in [6.45, 7) is 3.57. The minimum atomic E-state index is -1.21. The van der Waals surface area contributed by atoms with Gasteiger partial charge in [0.15, 0.2) is 5.69 Å². The summed E-state index contributed by atoms with van der Waals surface area (Å²) in [6.07, 6.45) is -1.21. The molecule has 1 atom stereocenters. The molecule has 0 spiro atoms. The number of anilines is 1. The van der Waals surface area contributed by atoms with Crippen LogP contribution in [0.2, 0.25) is 0 Å². The minimum absolute atomic E-state index is 0.0331. The molecule has 0 aliphatic rings. The van der Waals surface area contributed by atoms with Crippen molar-refractivity contribution in [3.63, 3.8) is 0 Å². The number of carbonyl (C=O) groups is 2. The average Bonchev–Trinajstić information content (AvgIpc) is 3.25. The first-order valence-electron chi connectivity index (χ1n) is 10.7. The lowest BCUT2D eigenvalue weighted by molar-refractivity contribution is -0.125. The Kier molecular flexibility index (Phi) is 6.68. The first-order valence-corrected chi connectivity index (χ1v) is 10.7. The van der Waals surface area contributed by atoms with Crippen molar-refractivity contribution in [3.8, 4) is 11.4 Å². The summed E-state index contributed by atoms with van der Waals surface area (Å²) in [5, 5.41) is 11.4. The number of amides is 1. The van der Waals surface area contributed by atoms with E-state index < -0.39 is 18.0 Å².